The van der Waals surface area contributed by atoms with Crippen molar-refractivity contribution >= 4 is 27.2 Å². The Morgan fingerprint density at radius 2 is 2.05 bits per heavy atom. The maximum atomic E-state index is 12.8. The molecule has 1 fully saturated rings. The van der Waals surface area contributed by atoms with E-state index in [2.05, 4.69) is 0 Å². The second kappa shape index (κ2) is 6.39. The SMILES string of the molecule is CCC1COC(C)CN1S(=O)(=O)c1ccc(C(N)=S)cc1. The molecule has 2 atom stereocenters. The lowest BCUT2D eigenvalue weighted by molar-refractivity contribution is -0.0230. The highest BCUT2D eigenvalue weighted by molar-refractivity contribution is 7.89. The van der Waals surface area contributed by atoms with E-state index in [4.69, 9.17) is 22.7 Å². The van der Waals surface area contributed by atoms with Crippen LogP contribution in [0.2, 0.25) is 0 Å². The van der Waals surface area contributed by atoms with Crippen LogP contribution in [-0.4, -0.2) is 43.0 Å². The first-order valence-electron chi connectivity index (χ1n) is 6.89. The van der Waals surface area contributed by atoms with Crippen LogP contribution in [0.4, 0.5) is 0 Å². The topological polar surface area (TPSA) is 72.6 Å². The molecule has 1 aromatic carbocycles. The largest absolute Gasteiger partial charge is 0.389 e. The number of morpholine rings is 1. The molecule has 0 saturated carbocycles. The third-order valence-corrected chi connectivity index (χ3v) is 5.80. The molecule has 0 aromatic heterocycles. The number of hydrogen-bond acceptors (Lipinski definition) is 4. The third-order valence-electron chi connectivity index (χ3n) is 3.63. The molecule has 0 aliphatic carbocycles. The minimum Gasteiger partial charge on any atom is -0.389 e. The Kier molecular flexibility index (Phi) is 4.98. The van der Waals surface area contributed by atoms with E-state index < -0.39 is 10.0 Å². The van der Waals surface area contributed by atoms with Gasteiger partial charge in [0.2, 0.25) is 10.0 Å². The van der Waals surface area contributed by atoms with Gasteiger partial charge in [-0.2, -0.15) is 4.31 Å². The highest BCUT2D eigenvalue weighted by Crippen LogP contribution is 2.24. The minimum atomic E-state index is -3.53. The first-order chi connectivity index (χ1) is 9.86. The van der Waals surface area contributed by atoms with E-state index in [1.807, 2.05) is 13.8 Å². The Labute approximate surface area is 131 Å². The molecule has 0 radical (unpaired) electrons. The summed E-state index contributed by atoms with van der Waals surface area (Å²) in [5.74, 6) is 0. The lowest BCUT2D eigenvalue weighted by Crippen LogP contribution is -2.51. The maximum absolute atomic E-state index is 12.8. The molecule has 0 amide bonds. The monoisotopic (exact) mass is 328 g/mol. The molecule has 2 unspecified atom stereocenters. The maximum Gasteiger partial charge on any atom is 0.243 e. The van der Waals surface area contributed by atoms with Crippen molar-refractivity contribution in [3.8, 4) is 0 Å². The lowest BCUT2D eigenvalue weighted by atomic mass is 10.2. The predicted octanol–water partition coefficient (Wildman–Crippen LogP) is 1.51. The summed E-state index contributed by atoms with van der Waals surface area (Å²) in [6, 6.07) is 6.26. The average Bonchev–Trinajstić information content (AvgIpc) is 2.47. The Balaban J connectivity index is 2.33. The fourth-order valence-corrected chi connectivity index (χ4v) is 4.25. The number of ether oxygens (including phenoxy) is 1. The molecule has 1 saturated heterocycles. The highest BCUT2D eigenvalue weighted by Gasteiger charge is 2.35. The number of rotatable bonds is 4. The fraction of sp³-hybridized carbons (Fsp3) is 0.500. The Morgan fingerprint density at radius 3 is 2.57 bits per heavy atom. The van der Waals surface area contributed by atoms with Crippen molar-refractivity contribution in [2.45, 2.75) is 37.3 Å². The first-order valence-corrected chi connectivity index (χ1v) is 8.74. The van der Waals surface area contributed by atoms with Crippen LogP contribution >= 0.6 is 12.2 Å². The van der Waals surface area contributed by atoms with Crippen LogP contribution in [0.1, 0.15) is 25.8 Å². The summed E-state index contributed by atoms with van der Waals surface area (Å²) in [7, 11) is -3.53. The number of nitrogens with zero attached hydrogens (tertiary/aromatic N) is 1. The predicted molar refractivity (Wildman–Crippen MR) is 85.7 cm³/mol. The van der Waals surface area contributed by atoms with Crippen LogP contribution in [0, 0.1) is 0 Å². The summed E-state index contributed by atoms with van der Waals surface area (Å²) in [5.41, 5.74) is 6.19. The molecule has 2 rings (SSSR count). The van der Waals surface area contributed by atoms with Gasteiger partial charge in [-0.25, -0.2) is 8.42 Å². The van der Waals surface area contributed by atoms with Crippen molar-refractivity contribution in [2.24, 2.45) is 5.73 Å². The lowest BCUT2D eigenvalue weighted by Gasteiger charge is -2.37. The fourth-order valence-electron chi connectivity index (χ4n) is 2.36. The average molecular weight is 328 g/mol. The van der Waals surface area contributed by atoms with Crippen molar-refractivity contribution in [3.05, 3.63) is 29.8 Å². The number of benzene rings is 1. The van der Waals surface area contributed by atoms with Gasteiger partial charge < -0.3 is 10.5 Å². The Bertz CT molecular complexity index is 614. The minimum absolute atomic E-state index is 0.0986. The molecule has 0 spiro atoms. The molecule has 7 heteroatoms. The molecule has 1 aromatic rings. The number of hydrogen-bond donors (Lipinski definition) is 1. The highest BCUT2D eigenvalue weighted by atomic mass is 32.2. The van der Waals surface area contributed by atoms with Gasteiger partial charge in [-0.3, -0.25) is 0 Å². The van der Waals surface area contributed by atoms with Gasteiger partial charge in [-0.05, 0) is 25.5 Å². The van der Waals surface area contributed by atoms with E-state index in [9.17, 15) is 8.42 Å². The van der Waals surface area contributed by atoms with Crippen LogP contribution in [0.3, 0.4) is 0 Å². The van der Waals surface area contributed by atoms with Gasteiger partial charge >= 0.3 is 0 Å². The third kappa shape index (κ3) is 3.42. The quantitative estimate of drug-likeness (QED) is 0.848. The summed E-state index contributed by atoms with van der Waals surface area (Å²) in [4.78, 5) is 0.514. The summed E-state index contributed by atoms with van der Waals surface area (Å²) in [6.07, 6.45) is 0.621. The molecule has 2 N–H and O–H groups in total. The van der Waals surface area contributed by atoms with Gasteiger partial charge in [-0.1, -0.05) is 31.3 Å². The van der Waals surface area contributed by atoms with E-state index >= 15 is 0 Å². The zero-order valence-corrected chi connectivity index (χ0v) is 13.8. The molecule has 116 valence electrons. The van der Waals surface area contributed by atoms with E-state index in [1.165, 1.54) is 4.31 Å². The number of thiocarbonyl (C=S) groups is 1. The Hall–Kier alpha value is -1.02. The standard InChI is InChI=1S/C14H20N2O3S2/c1-3-12-9-19-10(2)8-16(12)21(17,18)13-6-4-11(5-7-13)14(15)20/h4-7,10,12H,3,8-9H2,1-2H3,(H2,15,20). The van der Waals surface area contributed by atoms with Crippen molar-refractivity contribution < 1.29 is 13.2 Å². The van der Waals surface area contributed by atoms with Crippen molar-refractivity contribution in [3.63, 3.8) is 0 Å². The van der Waals surface area contributed by atoms with Crippen molar-refractivity contribution in [2.75, 3.05) is 13.2 Å². The molecule has 1 aliphatic rings. The summed E-state index contributed by atoms with van der Waals surface area (Å²) in [5, 5.41) is 0. The normalized spacial score (nSPS) is 23.9. The van der Waals surface area contributed by atoms with Crippen LogP contribution < -0.4 is 5.73 Å². The van der Waals surface area contributed by atoms with E-state index in [-0.39, 0.29) is 22.0 Å². The van der Waals surface area contributed by atoms with Gasteiger partial charge in [0.25, 0.3) is 0 Å². The van der Waals surface area contributed by atoms with Crippen LogP contribution in [-0.2, 0) is 14.8 Å². The van der Waals surface area contributed by atoms with Gasteiger partial charge in [0.1, 0.15) is 4.99 Å². The molecule has 5 nitrogen and oxygen atoms in total. The molecular weight excluding hydrogens is 308 g/mol. The number of nitrogens with two attached hydrogens (primary N) is 1. The van der Waals surface area contributed by atoms with Gasteiger partial charge in [0.05, 0.1) is 17.6 Å². The molecular formula is C14H20N2O3S2. The summed E-state index contributed by atoms with van der Waals surface area (Å²) in [6.45, 7) is 4.65. The first kappa shape index (κ1) is 16.4. The molecule has 1 heterocycles. The van der Waals surface area contributed by atoms with Crippen LogP contribution in [0.25, 0.3) is 0 Å². The van der Waals surface area contributed by atoms with E-state index in [0.29, 0.717) is 18.7 Å². The molecule has 0 bridgehead atoms. The zero-order valence-electron chi connectivity index (χ0n) is 12.2. The smallest absolute Gasteiger partial charge is 0.243 e. The van der Waals surface area contributed by atoms with Crippen LogP contribution in [0.5, 0.6) is 0 Å². The second-order valence-corrected chi connectivity index (χ2v) is 7.50. The Morgan fingerprint density at radius 1 is 1.43 bits per heavy atom. The second-order valence-electron chi connectivity index (χ2n) is 5.17. The van der Waals surface area contributed by atoms with E-state index in [1.54, 1.807) is 24.3 Å². The zero-order chi connectivity index (χ0) is 15.6. The van der Waals surface area contributed by atoms with Crippen molar-refractivity contribution in [1.82, 2.24) is 4.31 Å². The van der Waals surface area contributed by atoms with Crippen LogP contribution in [0.15, 0.2) is 29.2 Å². The molecule has 21 heavy (non-hydrogen) atoms. The number of sulfonamides is 1. The van der Waals surface area contributed by atoms with E-state index in [0.717, 1.165) is 6.42 Å². The summed E-state index contributed by atoms with van der Waals surface area (Å²) < 4.78 is 32.7. The summed E-state index contributed by atoms with van der Waals surface area (Å²) >= 11 is 4.88. The van der Waals surface area contributed by atoms with Gasteiger partial charge in [0.15, 0.2) is 0 Å². The van der Waals surface area contributed by atoms with Crippen molar-refractivity contribution in [1.29, 1.82) is 0 Å². The van der Waals surface area contributed by atoms with Gasteiger partial charge in [-0.15, -0.1) is 0 Å². The van der Waals surface area contributed by atoms with Gasteiger partial charge in [0, 0.05) is 18.2 Å². The molecule has 1 aliphatic heterocycles.